The maximum Gasteiger partial charge on any atom is 0.199 e. The SMILES string of the molecule is O=C1c2cc(Cl)ccc2NC1(c1ccccc1)c1c(-c2ccccc2)[nH]c2ccc(Cl)cc12. The van der Waals surface area contributed by atoms with E-state index in [0.717, 1.165) is 39.0 Å². The van der Waals surface area contributed by atoms with E-state index in [1.807, 2.05) is 84.9 Å². The molecule has 0 radical (unpaired) electrons. The lowest BCUT2D eigenvalue weighted by atomic mass is 9.77. The van der Waals surface area contributed by atoms with Crippen molar-refractivity contribution in [2.24, 2.45) is 0 Å². The largest absolute Gasteiger partial charge is 0.365 e. The summed E-state index contributed by atoms with van der Waals surface area (Å²) in [5.41, 5.74) is 4.63. The first-order valence-corrected chi connectivity index (χ1v) is 11.4. The Labute approximate surface area is 201 Å². The molecular formula is C28H18Cl2N2O. The van der Waals surface area contributed by atoms with Gasteiger partial charge >= 0.3 is 0 Å². The van der Waals surface area contributed by atoms with Crippen LogP contribution >= 0.6 is 23.2 Å². The standard InChI is InChI=1S/C28H18Cl2N2O/c29-19-11-13-23-21(15-19)25(26(31-23)17-7-3-1-4-8-17)28(18-9-5-2-6-10-18)27(33)22-16-20(30)12-14-24(22)32-28/h1-16,31-32H. The Morgan fingerprint density at radius 1 is 0.727 bits per heavy atom. The van der Waals surface area contributed by atoms with Crippen LogP contribution in [0.3, 0.4) is 0 Å². The summed E-state index contributed by atoms with van der Waals surface area (Å²) in [4.78, 5) is 17.9. The van der Waals surface area contributed by atoms with Crippen LogP contribution in [0.4, 0.5) is 5.69 Å². The Hall–Kier alpha value is -3.53. The molecule has 1 aliphatic heterocycles. The van der Waals surface area contributed by atoms with Gasteiger partial charge in [-0.15, -0.1) is 0 Å². The van der Waals surface area contributed by atoms with Crippen LogP contribution in [0, 0.1) is 0 Å². The molecule has 0 aliphatic carbocycles. The second-order valence-electron chi connectivity index (χ2n) is 8.19. The molecule has 1 aromatic heterocycles. The summed E-state index contributed by atoms with van der Waals surface area (Å²) in [6, 6.07) is 31.0. The van der Waals surface area contributed by atoms with Crippen molar-refractivity contribution in [2.75, 3.05) is 5.32 Å². The van der Waals surface area contributed by atoms with Crippen molar-refractivity contribution in [3.8, 4) is 11.3 Å². The highest BCUT2D eigenvalue weighted by Crippen LogP contribution is 2.50. The maximum atomic E-state index is 14.3. The predicted octanol–water partition coefficient (Wildman–Crippen LogP) is 7.69. The minimum atomic E-state index is -1.15. The highest BCUT2D eigenvalue weighted by molar-refractivity contribution is 6.32. The molecule has 0 fully saturated rings. The highest BCUT2D eigenvalue weighted by atomic mass is 35.5. The Bertz CT molecular complexity index is 1530. The number of rotatable bonds is 3. The first kappa shape index (κ1) is 20.1. The number of hydrogen-bond donors (Lipinski definition) is 2. The third-order valence-corrected chi connectivity index (χ3v) is 6.76. The average molecular weight is 469 g/mol. The van der Waals surface area contributed by atoms with Gasteiger partial charge < -0.3 is 10.3 Å². The van der Waals surface area contributed by atoms with E-state index in [0.29, 0.717) is 15.6 Å². The van der Waals surface area contributed by atoms with Crippen LogP contribution in [-0.2, 0) is 5.54 Å². The molecule has 1 unspecified atom stereocenters. The van der Waals surface area contributed by atoms with E-state index in [1.54, 1.807) is 12.1 Å². The van der Waals surface area contributed by atoms with Gasteiger partial charge in [-0.3, -0.25) is 4.79 Å². The molecule has 0 spiro atoms. The molecule has 2 N–H and O–H groups in total. The number of anilines is 1. The number of ketones is 1. The third-order valence-electron chi connectivity index (χ3n) is 6.29. The van der Waals surface area contributed by atoms with Gasteiger partial charge in [-0.25, -0.2) is 0 Å². The third kappa shape index (κ3) is 3.01. The quantitative estimate of drug-likeness (QED) is 0.285. The lowest BCUT2D eigenvalue weighted by Gasteiger charge is -2.31. The normalized spacial score (nSPS) is 17.2. The molecule has 160 valence electrons. The maximum absolute atomic E-state index is 14.3. The second kappa shape index (κ2) is 7.51. The zero-order valence-corrected chi connectivity index (χ0v) is 18.9. The zero-order chi connectivity index (χ0) is 22.6. The van der Waals surface area contributed by atoms with E-state index in [-0.39, 0.29) is 5.78 Å². The summed E-state index contributed by atoms with van der Waals surface area (Å²) in [5, 5.41) is 5.62. The summed E-state index contributed by atoms with van der Waals surface area (Å²) in [7, 11) is 0. The van der Waals surface area contributed by atoms with Gasteiger partial charge in [0, 0.05) is 37.8 Å². The Kier molecular flexibility index (Phi) is 4.58. The zero-order valence-electron chi connectivity index (χ0n) is 17.4. The fourth-order valence-corrected chi connectivity index (χ4v) is 5.21. The molecule has 5 aromatic rings. The fraction of sp³-hybridized carbons (Fsp3) is 0.0357. The number of fused-ring (bicyclic) bond motifs is 2. The minimum Gasteiger partial charge on any atom is -0.365 e. The number of aromatic nitrogens is 1. The molecule has 0 amide bonds. The predicted molar refractivity (Wildman–Crippen MR) is 135 cm³/mol. The smallest absolute Gasteiger partial charge is 0.199 e. The summed E-state index contributed by atoms with van der Waals surface area (Å²) in [6.07, 6.45) is 0. The molecule has 2 heterocycles. The van der Waals surface area contributed by atoms with E-state index in [1.165, 1.54) is 0 Å². The van der Waals surface area contributed by atoms with Gasteiger partial charge in [-0.05, 0) is 47.5 Å². The number of carbonyl (C=O) groups is 1. The fourth-order valence-electron chi connectivity index (χ4n) is 4.86. The number of nitrogens with one attached hydrogen (secondary N) is 2. The van der Waals surface area contributed by atoms with Crippen molar-refractivity contribution < 1.29 is 4.79 Å². The van der Waals surface area contributed by atoms with E-state index in [2.05, 4.69) is 10.3 Å². The molecule has 1 atom stereocenters. The van der Waals surface area contributed by atoms with Gasteiger partial charge in [0.15, 0.2) is 11.3 Å². The lowest BCUT2D eigenvalue weighted by Crippen LogP contribution is -2.40. The van der Waals surface area contributed by atoms with Crippen molar-refractivity contribution in [2.45, 2.75) is 5.54 Å². The molecule has 0 saturated carbocycles. The van der Waals surface area contributed by atoms with Crippen molar-refractivity contribution >= 4 is 45.6 Å². The number of H-pyrrole nitrogens is 1. The van der Waals surface area contributed by atoms with E-state index < -0.39 is 5.54 Å². The molecule has 4 aromatic carbocycles. The van der Waals surface area contributed by atoms with E-state index in [4.69, 9.17) is 23.2 Å². The first-order valence-electron chi connectivity index (χ1n) is 10.6. The number of halogens is 2. The Morgan fingerprint density at radius 3 is 2.15 bits per heavy atom. The Morgan fingerprint density at radius 2 is 1.39 bits per heavy atom. The highest BCUT2D eigenvalue weighted by Gasteiger charge is 2.51. The number of Topliss-reactive ketones (excluding diaryl/α,β-unsaturated/α-hetero) is 1. The molecule has 0 saturated heterocycles. The number of carbonyl (C=O) groups excluding carboxylic acids is 1. The van der Waals surface area contributed by atoms with Crippen LogP contribution in [-0.4, -0.2) is 10.8 Å². The molecule has 33 heavy (non-hydrogen) atoms. The average Bonchev–Trinajstić information content (AvgIpc) is 3.36. The van der Waals surface area contributed by atoms with E-state index >= 15 is 0 Å². The monoisotopic (exact) mass is 468 g/mol. The Balaban J connectivity index is 1.75. The van der Waals surface area contributed by atoms with E-state index in [9.17, 15) is 4.79 Å². The van der Waals surface area contributed by atoms with Crippen molar-refractivity contribution in [3.63, 3.8) is 0 Å². The molecular weight excluding hydrogens is 451 g/mol. The number of aromatic amines is 1. The van der Waals surface area contributed by atoms with Gasteiger partial charge in [0.1, 0.15) is 0 Å². The van der Waals surface area contributed by atoms with Gasteiger partial charge in [0.05, 0.1) is 5.69 Å². The summed E-state index contributed by atoms with van der Waals surface area (Å²) >= 11 is 12.7. The van der Waals surface area contributed by atoms with Gasteiger partial charge in [0.2, 0.25) is 0 Å². The van der Waals surface area contributed by atoms with Crippen molar-refractivity contribution in [1.82, 2.24) is 4.98 Å². The van der Waals surface area contributed by atoms with Crippen LogP contribution < -0.4 is 5.32 Å². The van der Waals surface area contributed by atoms with Gasteiger partial charge in [-0.1, -0.05) is 83.9 Å². The number of hydrogen-bond acceptors (Lipinski definition) is 2. The van der Waals surface area contributed by atoms with Crippen LogP contribution in [0.2, 0.25) is 10.0 Å². The first-order chi connectivity index (χ1) is 16.1. The van der Waals surface area contributed by atoms with Gasteiger partial charge in [0.25, 0.3) is 0 Å². The van der Waals surface area contributed by atoms with Crippen molar-refractivity contribution in [1.29, 1.82) is 0 Å². The van der Waals surface area contributed by atoms with Crippen LogP contribution in [0.25, 0.3) is 22.2 Å². The minimum absolute atomic E-state index is 0.0516. The van der Waals surface area contributed by atoms with Crippen LogP contribution in [0.1, 0.15) is 21.5 Å². The second-order valence-corrected chi connectivity index (χ2v) is 9.06. The number of benzene rings is 4. The summed E-state index contributed by atoms with van der Waals surface area (Å²) in [5.74, 6) is -0.0516. The molecule has 1 aliphatic rings. The topological polar surface area (TPSA) is 44.9 Å². The summed E-state index contributed by atoms with van der Waals surface area (Å²) in [6.45, 7) is 0. The molecule has 5 heteroatoms. The van der Waals surface area contributed by atoms with Crippen LogP contribution in [0.15, 0.2) is 97.1 Å². The molecule has 0 bridgehead atoms. The molecule has 3 nitrogen and oxygen atoms in total. The lowest BCUT2D eigenvalue weighted by molar-refractivity contribution is 0.0942. The van der Waals surface area contributed by atoms with Crippen LogP contribution in [0.5, 0.6) is 0 Å². The molecule has 6 rings (SSSR count). The van der Waals surface area contributed by atoms with Crippen molar-refractivity contribution in [3.05, 3.63) is 124 Å². The summed E-state index contributed by atoms with van der Waals surface area (Å²) < 4.78 is 0. The van der Waals surface area contributed by atoms with Gasteiger partial charge in [-0.2, -0.15) is 0 Å².